The highest BCUT2D eigenvalue weighted by Gasteiger charge is 2.34. The zero-order chi connectivity index (χ0) is 17.7. The van der Waals surface area contributed by atoms with Crippen molar-refractivity contribution in [1.82, 2.24) is 4.90 Å². The van der Waals surface area contributed by atoms with E-state index in [1.165, 1.54) is 4.90 Å². The first-order valence-corrected chi connectivity index (χ1v) is 8.99. The molecule has 0 unspecified atom stereocenters. The molecule has 1 aliphatic heterocycles. The van der Waals surface area contributed by atoms with Gasteiger partial charge in [-0.2, -0.15) is 0 Å². The van der Waals surface area contributed by atoms with Crippen molar-refractivity contribution < 1.29 is 19.1 Å². The van der Waals surface area contributed by atoms with Gasteiger partial charge in [0.25, 0.3) is 11.1 Å². The third kappa shape index (κ3) is 4.02. The van der Waals surface area contributed by atoms with Gasteiger partial charge in [-0.1, -0.05) is 35.5 Å². The molecule has 1 fully saturated rings. The van der Waals surface area contributed by atoms with Crippen LogP contribution in [0.3, 0.4) is 0 Å². The van der Waals surface area contributed by atoms with Crippen LogP contribution in [0.25, 0.3) is 6.08 Å². The summed E-state index contributed by atoms with van der Waals surface area (Å²) in [6, 6.07) is 3.53. The van der Waals surface area contributed by atoms with E-state index in [0.29, 0.717) is 29.6 Å². The first-order valence-electron chi connectivity index (χ1n) is 7.38. The van der Waals surface area contributed by atoms with Crippen LogP contribution in [-0.2, 0) is 4.79 Å². The first-order chi connectivity index (χ1) is 11.5. The van der Waals surface area contributed by atoms with Crippen molar-refractivity contribution in [3.05, 3.63) is 39.7 Å². The Balaban J connectivity index is 2.34. The molecule has 0 bridgehead atoms. The summed E-state index contributed by atoms with van der Waals surface area (Å²) in [6.45, 7) is 6.33. The molecule has 0 aliphatic carbocycles. The quantitative estimate of drug-likeness (QED) is 0.489. The lowest BCUT2D eigenvalue weighted by atomic mass is 10.2. The lowest BCUT2D eigenvalue weighted by Gasteiger charge is -2.12. The summed E-state index contributed by atoms with van der Waals surface area (Å²) < 4.78 is 11.6. The fourth-order valence-electron chi connectivity index (χ4n) is 2.14. The van der Waals surface area contributed by atoms with Crippen molar-refractivity contribution in [3.8, 4) is 11.5 Å². The van der Waals surface area contributed by atoms with E-state index in [2.05, 4.69) is 22.5 Å². The highest BCUT2D eigenvalue weighted by molar-refractivity contribution is 9.10. The summed E-state index contributed by atoms with van der Waals surface area (Å²) in [5, 5.41) is -0.234. The summed E-state index contributed by atoms with van der Waals surface area (Å²) in [5.74, 6) is 0.851. The number of carbonyl (C=O) groups is 2. The summed E-state index contributed by atoms with van der Waals surface area (Å²) >= 11 is 4.41. The Labute approximate surface area is 153 Å². The van der Waals surface area contributed by atoms with Crippen LogP contribution in [0.15, 0.2) is 34.2 Å². The lowest BCUT2D eigenvalue weighted by molar-refractivity contribution is -0.122. The Hall–Kier alpha value is -1.73. The summed E-state index contributed by atoms with van der Waals surface area (Å²) in [4.78, 5) is 25.9. The molecule has 0 atom stereocenters. The highest BCUT2D eigenvalue weighted by Crippen LogP contribution is 2.38. The second-order valence-corrected chi connectivity index (χ2v) is 6.81. The molecule has 5 nitrogen and oxygen atoms in total. The number of imide groups is 1. The van der Waals surface area contributed by atoms with Crippen LogP contribution in [-0.4, -0.2) is 36.3 Å². The average molecular weight is 412 g/mol. The fraction of sp³-hybridized carbons (Fsp3) is 0.294. The number of hydrogen-bond acceptors (Lipinski definition) is 5. The third-order valence-corrected chi connectivity index (χ3v) is 4.84. The van der Waals surface area contributed by atoms with Gasteiger partial charge in [0, 0.05) is 11.0 Å². The molecule has 24 heavy (non-hydrogen) atoms. The molecule has 1 saturated heterocycles. The Morgan fingerprint density at radius 1 is 1.33 bits per heavy atom. The minimum Gasteiger partial charge on any atom is -0.493 e. The second-order valence-electron chi connectivity index (χ2n) is 4.96. The Morgan fingerprint density at radius 3 is 2.71 bits per heavy atom. The molecule has 1 aromatic rings. The van der Waals surface area contributed by atoms with E-state index < -0.39 is 0 Å². The molecule has 2 amide bonds. The van der Waals surface area contributed by atoms with Crippen LogP contribution in [0.2, 0.25) is 0 Å². The molecule has 1 aromatic carbocycles. The van der Waals surface area contributed by atoms with Gasteiger partial charge in [-0.15, -0.1) is 0 Å². The average Bonchev–Trinajstić information content (AvgIpc) is 2.82. The monoisotopic (exact) mass is 411 g/mol. The molecule has 0 aromatic heterocycles. The van der Waals surface area contributed by atoms with Gasteiger partial charge in [-0.3, -0.25) is 14.5 Å². The SMILES string of the molecule is C=CCOc1cc(Br)c(/C=C2/SC(=O)N(CCC)C2=O)cc1OC. The molecule has 1 aliphatic rings. The van der Waals surface area contributed by atoms with E-state index in [9.17, 15) is 9.59 Å². The normalized spacial score (nSPS) is 16.0. The van der Waals surface area contributed by atoms with Crippen LogP contribution < -0.4 is 9.47 Å². The van der Waals surface area contributed by atoms with Gasteiger partial charge >= 0.3 is 0 Å². The van der Waals surface area contributed by atoms with Crippen LogP contribution in [0, 0.1) is 0 Å². The zero-order valence-corrected chi connectivity index (χ0v) is 15.9. The standard InChI is InChI=1S/C17H18BrNO4S/c1-4-6-19-16(20)15(24-17(19)21)9-11-8-13(22-3)14(10-12(11)18)23-7-5-2/h5,8-10H,2,4,6-7H2,1,3H3/b15-9+. The number of hydrogen-bond donors (Lipinski definition) is 0. The number of nitrogens with zero attached hydrogens (tertiary/aromatic N) is 1. The molecule has 128 valence electrons. The van der Waals surface area contributed by atoms with Gasteiger partial charge in [0.2, 0.25) is 0 Å². The van der Waals surface area contributed by atoms with Gasteiger partial charge < -0.3 is 9.47 Å². The number of rotatable bonds is 7. The number of methoxy groups -OCH3 is 1. The van der Waals surface area contributed by atoms with Crippen molar-refractivity contribution in [3.63, 3.8) is 0 Å². The number of halogens is 1. The van der Waals surface area contributed by atoms with Crippen molar-refractivity contribution in [2.24, 2.45) is 0 Å². The van der Waals surface area contributed by atoms with Crippen LogP contribution in [0.5, 0.6) is 11.5 Å². The van der Waals surface area contributed by atoms with Crippen molar-refractivity contribution in [1.29, 1.82) is 0 Å². The Morgan fingerprint density at radius 2 is 2.08 bits per heavy atom. The number of thioether (sulfide) groups is 1. The summed E-state index contributed by atoms with van der Waals surface area (Å²) in [6.07, 6.45) is 4.06. The Kier molecular flexibility index (Phi) is 6.51. The number of benzene rings is 1. The maximum atomic E-state index is 12.3. The van der Waals surface area contributed by atoms with Crippen molar-refractivity contribution >= 4 is 44.9 Å². The molecule has 0 spiro atoms. The van der Waals surface area contributed by atoms with Crippen molar-refractivity contribution in [2.75, 3.05) is 20.3 Å². The summed E-state index contributed by atoms with van der Waals surface area (Å²) in [7, 11) is 1.54. The molecule has 2 rings (SSSR count). The third-order valence-electron chi connectivity index (χ3n) is 3.25. The van der Waals surface area contributed by atoms with E-state index in [0.717, 1.165) is 28.2 Å². The number of amides is 2. The number of carbonyl (C=O) groups excluding carboxylic acids is 2. The second kappa shape index (κ2) is 8.39. The van der Waals surface area contributed by atoms with Gasteiger partial charge in [0.15, 0.2) is 11.5 Å². The topological polar surface area (TPSA) is 55.8 Å². The minimum absolute atomic E-state index is 0.234. The van der Waals surface area contributed by atoms with Gasteiger partial charge in [0.1, 0.15) is 6.61 Å². The predicted molar refractivity (Wildman–Crippen MR) is 99.4 cm³/mol. The molecule has 0 saturated carbocycles. The van der Waals surface area contributed by atoms with Gasteiger partial charge in [-0.25, -0.2) is 0 Å². The Bertz CT molecular complexity index is 702. The van der Waals surface area contributed by atoms with Gasteiger partial charge in [-0.05, 0) is 42.0 Å². The first kappa shape index (κ1) is 18.6. The fourth-order valence-corrected chi connectivity index (χ4v) is 3.43. The molecular weight excluding hydrogens is 394 g/mol. The largest absolute Gasteiger partial charge is 0.493 e. The van der Waals surface area contributed by atoms with Crippen molar-refractivity contribution in [2.45, 2.75) is 13.3 Å². The summed E-state index contributed by atoms with van der Waals surface area (Å²) in [5.41, 5.74) is 0.736. The highest BCUT2D eigenvalue weighted by atomic mass is 79.9. The zero-order valence-electron chi connectivity index (χ0n) is 13.5. The van der Waals surface area contributed by atoms with E-state index in [4.69, 9.17) is 9.47 Å². The molecular formula is C17H18BrNO4S. The molecule has 0 N–H and O–H groups in total. The molecule has 7 heteroatoms. The minimum atomic E-state index is -0.260. The maximum Gasteiger partial charge on any atom is 0.293 e. The smallest absolute Gasteiger partial charge is 0.293 e. The van der Waals surface area contributed by atoms with E-state index in [1.807, 2.05) is 6.92 Å². The maximum absolute atomic E-state index is 12.3. The van der Waals surface area contributed by atoms with Gasteiger partial charge in [0.05, 0.1) is 12.0 Å². The van der Waals surface area contributed by atoms with Crippen LogP contribution in [0.4, 0.5) is 4.79 Å². The number of ether oxygens (including phenoxy) is 2. The molecule has 1 heterocycles. The van der Waals surface area contributed by atoms with Crippen LogP contribution in [0.1, 0.15) is 18.9 Å². The van der Waals surface area contributed by atoms with E-state index in [1.54, 1.807) is 31.4 Å². The molecule has 0 radical (unpaired) electrons. The van der Waals surface area contributed by atoms with E-state index in [-0.39, 0.29) is 11.1 Å². The van der Waals surface area contributed by atoms with Crippen LogP contribution >= 0.6 is 27.7 Å². The lowest BCUT2D eigenvalue weighted by Crippen LogP contribution is -2.28. The predicted octanol–water partition coefficient (Wildman–Crippen LogP) is 4.47. The van der Waals surface area contributed by atoms with E-state index >= 15 is 0 Å².